The normalized spacial score (nSPS) is 19.6. The molecule has 2 aliphatic carbocycles. The number of hydrogen-bond donors (Lipinski definition) is 1. The number of fused-ring (bicyclic) bond motifs is 6. The van der Waals surface area contributed by atoms with Crippen LogP contribution in [0.5, 0.6) is 0 Å². The summed E-state index contributed by atoms with van der Waals surface area (Å²) in [7, 11) is -0.924. The maximum atomic E-state index is 13.5. The molecule has 4 amide bonds. The van der Waals surface area contributed by atoms with Crippen LogP contribution in [0.4, 0.5) is 42.4 Å². The van der Waals surface area contributed by atoms with Crippen LogP contribution in [-0.2, 0) is 37.9 Å². The number of thiol groups is 1. The second-order valence-electron chi connectivity index (χ2n) is 42.2. The third-order valence-electron chi connectivity index (χ3n) is 21.8. The Morgan fingerprint density at radius 2 is 0.825 bits per heavy atom. The van der Waals surface area contributed by atoms with Crippen LogP contribution >= 0.6 is 28.7 Å². The average molecular weight is 1810 g/mol. The van der Waals surface area contributed by atoms with E-state index in [0.717, 1.165) is 151 Å². The molecule has 2 unspecified atom stereocenters. The maximum absolute atomic E-state index is 13.5. The number of anilines is 4. The van der Waals surface area contributed by atoms with Gasteiger partial charge in [-0.05, 0) is 225 Å². The molecular formula is C86H138BBrN15O12SSi4. The molecule has 4 aliphatic heterocycles. The number of pyridine rings is 2. The van der Waals surface area contributed by atoms with Crippen molar-refractivity contribution in [3.05, 3.63) is 71.0 Å². The zero-order valence-corrected chi connectivity index (χ0v) is 82.8. The molecule has 6 fully saturated rings. The number of halogens is 1. The van der Waals surface area contributed by atoms with E-state index in [9.17, 15) is 19.2 Å². The van der Waals surface area contributed by atoms with Crippen LogP contribution in [0, 0.1) is 0 Å². The summed E-state index contributed by atoms with van der Waals surface area (Å²) in [5.41, 5.74) is 4.30. The summed E-state index contributed by atoms with van der Waals surface area (Å²) >= 11 is 7.27. The van der Waals surface area contributed by atoms with Crippen molar-refractivity contribution in [1.82, 2.24) is 49.0 Å². The molecule has 120 heavy (non-hydrogen) atoms. The van der Waals surface area contributed by atoms with Crippen LogP contribution in [0.2, 0.25) is 103 Å². The zero-order valence-electron chi connectivity index (χ0n) is 76.3. The summed E-state index contributed by atoms with van der Waals surface area (Å²) in [4.78, 5) is 85.5. The molecule has 27 nitrogen and oxygen atoms in total. The topological polar surface area (TPSA) is 260 Å². The van der Waals surface area contributed by atoms with Gasteiger partial charge in [-0.15, -0.1) is 0 Å². The molecule has 6 atom stereocenters. The Kier molecular flexibility index (Phi) is 31.5. The fourth-order valence-corrected chi connectivity index (χ4v) is 19.3. The quantitative estimate of drug-likeness (QED) is 0.0144. The van der Waals surface area contributed by atoms with Crippen molar-refractivity contribution in [3.8, 4) is 22.3 Å². The summed E-state index contributed by atoms with van der Waals surface area (Å²) in [5.74, 6) is 3.00. The van der Waals surface area contributed by atoms with Gasteiger partial charge in [0.1, 0.15) is 66.8 Å². The number of hydrogen-bond acceptors (Lipinski definition) is 22. The SMILES string of the molecule is CC(C)(C)OC(=O)N(c1ccc(-c2cnn3c(N(COCC[Si](C)(C)C)COCC[Si](C)(C)C)c(Br)c(C4C[C@H]5CC[C@@H](C4)N5C(=O)OC(C)(C)C)nc23)cn1)C1CC1.CC(C)(C)OC(=O)N(c1ccc(-c2cnn3c(N(COCC[Si](C)(C)C)COCC[Si](C)(C)C)cc(C4C[C@H]5CC[C@@H](C4)N5C(=O)OC(C)(C)C)nc23)cn1)C1CC1.[B]=NS. The van der Waals surface area contributed by atoms with Crippen LogP contribution < -0.4 is 19.6 Å². The Bertz CT molecular complexity index is 4400. The number of amides is 4. The molecule has 1 radical (unpaired) electrons. The summed E-state index contributed by atoms with van der Waals surface area (Å²) in [5, 5.41) is 9.92. The van der Waals surface area contributed by atoms with Gasteiger partial charge in [0.05, 0.1) is 22.6 Å². The van der Waals surface area contributed by atoms with Crippen molar-refractivity contribution in [3.63, 3.8) is 0 Å². The number of aromatic nitrogens is 8. The minimum atomic E-state index is -1.33. The molecule has 0 N–H and O–H groups in total. The van der Waals surface area contributed by atoms with Crippen molar-refractivity contribution < 1.29 is 57.1 Å². The van der Waals surface area contributed by atoms with E-state index in [1.165, 1.54) is 0 Å². The molecule has 12 rings (SSSR count). The van der Waals surface area contributed by atoms with Crippen LogP contribution in [0.3, 0.4) is 0 Å². The van der Waals surface area contributed by atoms with Crippen molar-refractivity contribution in [2.75, 3.05) is 73.0 Å². The minimum absolute atomic E-state index is 0.0633. The van der Waals surface area contributed by atoms with Crippen LogP contribution in [-0.4, -0.2) is 225 Å². The standard InChI is InChI=1S/C43H68BrN7O6Si2.C43H69N7O6Si2.BHNS/c1-42(2,3)56-40(52)49-32-16-17-33(49)24-30(23-32)37-36(44)39(48(27-54-19-21-58(7,8)9)28-55-20-22-59(10,11)12)51-38(47-37)34(26-46-51)29-13-18-35(45-25-29)50(31-14-15-31)41(53)57-43(4,5)6;1-42(2,3)55-40(51)48-33-16-17-34(48)24-31(23-33)36-25-38(47(28-53-19-21-57(7,8)9)29-54-20-22-58(10,11)12)50-39(46-36)35(27-45-50)30-13-18-37(44-26-30)49(32-14-15-32)41(52)56-43(4,5)6;1-2-3/h13,18,25-26,30-33H,14-17,19-24,27-28H2,1-12H3;13,18,25-27,31-34H,14-17,19-24,28-29H2,1-12H3;3H/t30?,32-,33+;31?,33-,34+;. The number of nitrogens with zero attached hydrogens (tertiary/aromatic N) is 15. The number of ether oxygens (including phenoxy) is 8. The third kappa shape index (κ3) is 27.3. The summed E-state index contributed by atoms with van der Waals surface area (Å²) in [6.45, 7) is 55.1. The molecule has 6 aliphatic rings. The van der Waals surface area contributed by atoms with E-state index in [0.29, 0.717) is 76.3 Å². The molecule has 34 heteroatoms. The Balaban J connectivity index is 0.000000244. The van der Waals surface area contributed by atoms with E-state index in [-0.39, 0.29) is 72.5 Å². The van der Waals surface area contributed by atoms with E-state index < -0.39 is 54.7 Å². The molecule has 661 valence electrons. The Hall–Kier alpha value is -6.38. The Morgan fingerprint density at radius 3 is 1.16 bits per heavy atom. The molecular weight excluding hydrogens is 1670 g/mol. The molecule has 10 heterocycles. The van der Waals surface area contributed by atoms with Crippen LogP contribution in [0.1, 0.15) is 183 Å². The summed E-state index contributed by atoms with van der Waals surface area (Å²) in [6.07, 6.45) is 16.7. The second-order valence-corrected chi connectivity index (χ2v) is 65.7. The van der Waals surface area contributed by atoms with Gasteiger partial charge in [-0.3, -0.25) is 9.80 Å². The van der Waals surface area contributed by atoms with Crippen molar-refractivity contribution >= 4 is 128 Å². The molecule has 6 aromatic heterocycles. The molecule has 0 spiro atoms. The molecule has 4 saturated heterocycles. The first-order valence-electron chi connectivity index (χ1n) is 43.3. The zero-order chi connectivity index (χ0) is 88.0. The van der Waals surface area contributed by atoms with E-state index in [4.69, 9.17) is 68.0 Å². The third-order valence-corrected chi connectivity index (χ3v) is 29.3. The fourth-order valence-electron chi connectivity index (χ4n) is 15.4. The van der Waals surface area contributed by atoms with Crippen molar-refractivity contribution in [1.29, 1.82) is 0 Å². The fraction of sp³-hybridized carbons (Fsp3) is 0.698. The summed E-state index contributed by atoms with van der Waals surface area (Å²) < 4.78 is 56.3. The molecule has 2 saturated carbocycles. The van der Waals surface area contributed by atoms with Gasteiger partial charge in [-0.2, -0.15) is 19.2 Å². The van der Waals surface area contributed by atoms with Gasteiger partial charge in [-0.25, -0.2) is 39.1 Å². The Labute approximate surface area is 732 Å². The van der Waals surface area contributed by atoms with Gasteiger partial charge in [0.25, 0.3) is 0 Å². The first-order chi connectivity index (χ1) is 55.9. The number of piperidine rings is 2. The molecule has 6 aromatic rings. The van der Waals surface area contributed by atoms with E-state index >= 15 is 0 Å². The van der Waals surface area contributed by atoms with Crippen molar-refractivity contribution in [2.24, 2.45) is 4.30 Å². The number of rotatable bonds is 30. The predicted molar refractivity (Wildman–Crippen MR) is 495 cm³/mol. The average Bonchev–Trinajstić information content (AvgIpc) is 1.55. The van der Waals surface area contributed by atoms with Gasteiger partial charge >= 0.3 is 49.1 Å². The predicted octanol–water partition coefficient (Wildman–Crippen LogP) is 20.5. The summed E-state index contributed by atoms with van der Waals surface area (Å²) in [6, 6.07) is 14.6. The number of carbonyl (C=O) groups is 4. The second kappa shape index (κ2) is 39.4. The van der Waals surface area contributed by atoms with Gasteiger partial charge in [0.15, 0.2) is 17.1 Å². The van der Waals surface area contributed by atoms with Gasteiger partial charge < -0.3 is 57.5 Å². The van der Waals surface area contributed by atoms with Gasteiger partial charge in [0.2, 0.25) is 0 Å². The van der Waals surface area contributed by atoms with Crippen LogP contribution in [0.25, 0.3) is 33.5 Å². The molecule has 4 bridgehead atoms. The first kappa shape index (κ1) is 95.8. The van der Waals surface area contributed by atoms with Crippen molar-refractivity contribution in [2.45, 2.75) is 333 Å². The monoisotopic (exact) mass is 1810 g/mol. The molecule has 0 aromatic carbocycles. The van der Waals surface area contributed by atoms with Gasteiger partial charge in [-0.1, -0.05) is 78.6 Å². The van der Waals surface area contributed by atoms with Gasteiger partial charge in [0, 0.05) is 153 Å². The first-order valence-corrected chi connectivity index (χ1v) is 59.3. The van der Waals surface area contributed by atoms with Crippen LogP contribution in [0.15, 0.2) is 63.9 Å². The Morgan fingerprint density at radius 1 is 0.483 bits per heavy atom. The van der Waals surface area contributed by atoms with E-state index in [1.54, 1.807) is 22.2 Å². The number of carbonyl (C=O) groups excluding carboxylic acids is 4. The van der Waals surface area contributed by atoms with E-state index in [2.05, 4.69) is 135 Å². The van der Waals surface area contributed by atoms with E-state index in [1.807, 2.05) is 139 Å².